The first-order chi connectivity index (χ1) is 9.10. The predicted molar refractivity (Wildman–Crippen MR) is 87.2 cm³/mol. The largest absolute Gasteiger partial charge is 0.497 e. The molecular weight excluding hydrogens is 393 g/mol. The Morgan fingerprint density at radius 1 is 1.11 bits per heavy atom. The molecule has 2 rings (SSSR count). The van der Waals surface area contributed by atoms with Gasteiger partial charge in [0.05, 0.1) is 12.1 Å². The maximum Gasteiger partial charge on any atom is 0.119 e. The molecule has 2 nitrogen and oxygen atoms in total. The standard InChI is InChI=1S/C14H12Br2ClNO/c1-19-11-3-5-12(15)9(6-11)8-18-10-2-4-13(16)14(17)7-10/h2-7,18H,8H2,1H3. The Morgan fingerprint density at radius 3 is 2.53 bits per heavy atom. The molecule has 0 aliphatic carbocycles. The molecule has 100 valence electrons. The predicted octanol–water partition coefficient (Wildman–Crippen LogP) is 5.49. The second-order valence-electron chi connectivity index (χ2n) is 3.94. The van der Waals surface area contributed by atoms with Crippen molar-refractivity contribution in [2.45, 2.75) is 6.54 Å². The van der Waals surface area contributed by atoms with E-state index in [1.165, 1.54) is 0 Å². The number of anilines is 1. The van der Waals surface area contributed by atoms with Gasteiger partial charge in [0.25, 0.3) is 0 Å². The Morgan fingerprint density at radius 2 is 1.84 bits per heavy atom. The van der Waals surface area contributed by atoms with E-state index < -0.39 is 0 Å². The van der Waals surface area contributed by atoms with Crippen molar-refractivity contribution in [3.8, 4) is 5.75 Å². The number of rotatable bonds is 4. The molecule has 0 bridgehead atoms. The van der Waals surface area contributed by atoms with Gasteiger partial charge >= 0.3 is 0 Å². The zero-order chi connectivity index (χ0) is 13.8. The summed E-state index contributed by atoms with van der Waals surface area (Å²) in [6.45, 7) is 0.690. The summed E-state index contributed by atoms with van der Waals surface area (Å²) >= 11 is 13.0. The molecule has 1 N–H and O–H groups in total. The van der Waals surface area contributed by atoms with Gasteiger partial charge in [0.1, 0.15) is 5.75 Å². The number of hydrogen-bond donors (Lipinski definition) is 1. The van der Waals surface area contributed by atoms with Gasteiger partial charge in [0, 0.05) is 21.2 Å². The van der Waals surface area contributed by atoms with E-state index in [0.29, 0.717) is 11.6 Å². The third-order valence-corrected chi connectivity index (χ3v) is 4.66. The Balaban J connectivity index is 2.11. The molecule has 0 aliphatic rings. The summed E-state index contributed by atoms with van der Waals surface area (Å²) in [7, 11) is 1.66. The van der Waals surface area contributed by atoms with Crippen LogP contribution in [-0.2, 0) is 6.54 Å². The second kappa shape index (κ2) is 6.64. The molecule has 0 saturated carbocycles. The normalized spacial score (nSPS) is 10.3. The Bertz CT molecular complexity index is 590. The van der Waals surface area contributed by atoms with Crippen LogP contribution in [0.3, 0.4) is 0 Å². The van der Waals surface area contributed by atoms with Crippen molar-refractivity contribution in [1.29, 1.82) is 0 Å². The zero-order valence-corrected chi connectivity index (χ0v) is 14.1. The average Bonchev–Trinajstić information content (AvgIpc) is 2.41. The van der Waals surface area contributed by atoms with Gasteiger partial charge < -0.3 is 10.1 Å². The monoisotopic (exact) mass is 403 g/mol. The van der Waals surface area contributed by atoms with Gasteiger partial charge in [-0.1, -0.05) is 27.5 Å². The maximum absolute atomic E-state index is 6.06. The van der Waals surface area contributed by atoms with E-state index in [4.69, 9.17) is 16.3 Å². The van der Waals surface area contributed by atoms with E-state index in [9.17, 15) is 0 Å². The lowest BCUT2D eigenvalue weighted by molar-refractivity contribution is 0.414. The van der Waals surface area contributed by atoms with Gasteiger partial charge in [-0.25, -0.2) is 0 Å². The number of nitrogens with one attached hydrogen (secondary N) is 1. The highest BCUT2D eigenvalue weighted by molar-refractivity contribution is 9.10. The molecule has 0 atom stereocenters. The first-order valence-electron chi connectivity index (χ1n) is 5.61. The number of ether oxygens (including phenoxy) is 1. The molecule has 0 radical (unpaired) electrons. The molecule has 0 aliphatic heterocycles. The van der Waals surface area contributed by atoms with Crippen LogP contribution in [-0.4, -0.2) is 7.11 Å². The number of halogens is 3. The third-order valence-electron chi connectivity index (χ3n) is 2.66. The molecule has 2 aromatic rings. The lowest BCUT2D eigenvalue weighted by Gasteiger charge is -2.10. The molecule has 0 aromatic heterocycles. The molecule has 0 unspecified atom stereocenters. The summed E-state index contributed by atoms with van der Waals surface area (Å²) in [5.74, 6) is 0.842. The Kier molecular flexibility index (Phi) is 5.13. The Hall–Kier alpha value is -0.710. The molecule has 2 aromatic carbocycles. The Labute approximate surface area is 134 Å². The molecule has 0 heterocycles. The molecule has 0 saturated heterocycles. The summed E-state index contributed by atoms with van der Waals surface area (Å²) in [5.41, 5.74) is 2.10. The highest BCUT2D eigenvalue weighted by Gasteiger charge is 2.03. The lowest BCUT2D eigenvalue weighted by Crippen LogP contribution is -2.00. The van der Waals surface area contributed by atoms with Crippen LogP contribution in [0.1, 0.15) is 5.56 Å². The van der Waals surface area contributed by atoms with Crippen molar-refractivity contribution < 1.29 is 4.74 Å². The number of methoxy groups -OCH3 is 1. The fraction of sp³-hybridized carbons (Fsp3) is 0.143. The fourth-order valence-corrected chi connectivity index (χ4v) is 2.43. The molecule has 0 amide bonds. The number of benzene rings is 2. The van der Waals surface area contributed by atoms with Gasteiger partial charge in [0.15, 0.2) is 0 Å². The lowest BCUT2D eigenvalue weighted by atomic mass is 10.2. The van der Waals surface area contributed by atoms with E-state index in [2.05, 4.69) is 37.2 Å². The first-order valence-corrected chi connectivity index (χ1v) is 7.58. The van der Waals surface area contributed by atoms with E-state index >= 15 is 0 Å². The second-order valence-corrected chi connectivity index (χ2v) is 6.06. The van der Waals surface area contributed by atoms with E-state index in [1.54, 1.807) is 7.11 Å². The SMILES string of the molecule is COc1ccc(Br)c(CNc2ccc(Br)c(Cl)c2)c1. The van der Waals surface area contributed by atoms with Crippen LogP contribution in [0.4, 0.5) is 5.69 Å². The van der Waals surface area contributed by atoms with Crippen molar-refractivity contribution >= 4 is 49.1 Å². The average molecular weight is 406 g/mol. The minimum absolute atomic E-state index is 0.690. The van der Waals surface area contributed by atoms with Crippen LogP contribution in [0.25, 0.3) is 0 Å². The van der Waals surface area contributed by atoms with Crippen molar-refractivity contribution in [1.82, 2.24) is 0 Å². The van der Waals surface area contributed by atoms with E-state index in [0.717, 1.165) is 25.9 Å². The molecule has 5 heteroatoms. The topological polar surface area (TPSA) is 21.3 Å². The van der Waals surface area contributed by atoms with E-state index in [1.807, 2.05) is 36.4 Å². The summed E-state index contributed by atoms with van der Waals surface area (Å²) in [6, 6.07) is 11.7. The highest BCUT2D eigenvalue weighted by atomic mass is 79.9. The first kappa shape index (κ1) is 14.7. The summed E-state index contributed by atoms with van der Waals surface area (Å²) in [4.78, 5) is 0. The molecular formula is C14H12Br2ClNO. The van der Waals surface area contributed by atoms with Crippen molar-refractivity contribution in [3.63, 3.8) is 0 Å². The third kappa shape index (κ3) is 3.88. The van der Waals surface area contributed by atoms with E-state index in [-0.39, 0.29) is 0 Å². The quantitative estimate of drug-likeness (QED) is 0.727. The molecule has 0 spiro atoms. The smallest absolute Gasteiger partial charge is 0.119 e. The van der Waals surface area contributed by atoms with Gasteiger partial charge in [-0.15, -0.1) is 0 Å². The minimum Gasteiger partial charge on any atom is -0.497 e. The zero-order valence-electron chi connectivity index (χ0n) is 10.2. The van der Waals surface area contributed by atoms with Crippen molar-refractivity contribution in [2.24, 2.45) is 0 Å². The highest BCUT2D eigenvalue weighted by Crippen LogP contribution is 2.27. The van der Waals surface area contributed by atoms with Crippen LogP contribution in [0.15, 0.2) is 45.3 Å². The number of hydrogen-bond acceptors (Lipinski definition) is 2. The van der Waals surface area contributed by atoms with Crippen LogP contribution in [0.2, 0.25) is 5.02 Å². The maximum atomic E-state index is 6.06. The van der Waals surface area contributed by atoms with Gasteiger partial charge in [-0.3, -0.25) is 0 Å². The van der Waals surface area contributed by atoms with Gasteiger partial charge in [0.2, 0.25) is 0 Å². The van der Waals surface area contributed by atoms with Crippen LogP contribution >= 0.6 is 43.5 Å². The van der Waals surface area contributed by atoms with Gasteiger partial charge in [-0.2, -0.15) is 0 Å². The molecule has 19 heavy (non-hydrogen) atoms. The van der Waals surface area contributed by atoms with Crippen LogP contribution < -0.4 is 10.1 Å². The van der Waals surface area contributed by atoms with Crippen LogP contribution in [0.5, 0.6) is 5.75 Å². The summed E-state index contributed by atoms with van der Waals surface area (Å²) < 4.78 is 7.16. The minimum atomic E-state index is 0.690. The van der Waals surface area contributed by atoms with Gasteiger partial charge in [-0.05, 0) is 57.9 Å². The molecule has 0 fully saturated rings. The summed E-state index contributed by atoms with van der Waals surface area (Å²) in [5, 5.41) is 4.02. The van der Waals surface area contributed by atoms with Crippen LogP contribution in [0, 0.1) is 0 Å². The summed E-state index contributed by atoms with van der Waals surface area (Å²) in [6.07, 6.45) is 0. The van der Waals surface area contributed by atoms with Crippen molar-refractivity contribution in [2.75, 3.05) is 12.4 Å². The van der Waals surface area contributed by atoms with Crippen molar-refractivity contribution in [3.05, 3.63) is 55.9 Å². The fourth-order valence-electron chi connectivity index (χ4n) is 1.62.